The molecule has 1 aromatic carbocycles. The predicted octanol–water partition coefficient (Wildman–Crippen LogP) is 5.23. The summed E-state index contributed by atoms with van der Waals surface area (Å²) in [5.41, 5.74) is -0.110. The molecule has 0 radical (unpaired) electrons. The first-order valence-electron chi connectivity index (χ1n) is 12.0. The largest absolute Gasteiger partial charge is 0.474 e. The fourth-order valence-corrected chi connectivity index (χ4v) is 4.22. The molecule has 188 valence electrons. The summed E-state index contributed by atoms with van der Waals surface area (Å²) >= 11 is 0. The van der Waals surface area contributed by atoms with E-state index in [1.807, 2.05) is 51.1 Å². The minimum atomic E-state index is -1.15. The van der Waals surface area contributed by atoms with Crippen LogP contribution < -0.4 is 0 Å². The summed E-state index contributed by atoms with van der Waals surface area (Å²) < 4.78 is 17.1. The number of carbonyl (C=O) groups is 2. The summed E-state index contributed by atoms with van der Waals surface area (Å²) in [4.78, 5) is 32.3. The van der Waals surface area contributed by atoms with E-state index in [0.29, 0.717) is 31.0 Å². The molecule has 2 aliphatic heterocycles. The van der Waals surface area contributed by atoms with E-state index < -0.39 is 17.1 Å². The second-order valence-electron chi connectivity index (χ2n) is 9.98. The second kappa shape index (κ2) is 11.4. The Balaban J connectivity index is 1.73. The number of esters is 1. The van der Waals surface area contributed by atoms with E-state index >= 15 is 0 Å². The van der Waals surface area contributed by atoms with Crippen LogP contribution in [0.2, 0.25) is 0 Å². The van der Waals surface area contributed by atoms with Crippen LogP contribution in [-0.2, 0) is 25.6 Å². The molecule has 2 aliphatic rings. The number of hydrogen-bond donors (Lipinski definition) is 0. The van der Waals surface area contributed by atoms with Crippen molar-refractivity contribution in [3.8, 4) is 0 Å². The number of amides is 1. The molecule has 1 atom stereocenters. The fourth-order valence-electron chi connectivity index (χ4n) is 4.22. The highest BCUT2D eigenvalue weighted by Gasteiger charge is 2.48. The van der Waals surface area contributed by atoms with Crippen LogP contribution in [0.4, 0.5) is 4.79 Å². The van der Waals surface area contributed by atoms with Crippen molar-refractivity contribution < 1.29 is 23.8 Å². The Morgan fingerprint density at radius 1 is 1.20 bits per heavy atom. The Kier molecular flexibility index (Phi) is 8.54. The van der Waals surface area contributed by atoms with Crippen LogP contribution in [0.3, 0.4) is 0 Å². The van der Waals surface area contributed by atoms with Gasteiger partial charge in [0.15, 0.2) is 5.54 Å². The smallest absolute Gasteiger partial charge is 0.410 e. The van der Waals surface area contributed by atoms with Crippen molar-refractivity contribution in [1.82, 2.24) is 4.90 Å². The van der Waals surface area contributed by atoms with Gasteiger partial charge in [0.25, 0.3) is 0 Å². The molecule has 1 saturated heterocycles. The highest BCUT2D eigenvalue weighted by Crippen LogP contribution is 2.35. The standard InChI is InChI=1S/C28H36N2O5/c1-6-11-23(7-2)24-29-28(20-34-24,25(31)33-19-22-12-9-8-10-13-22)18-21-14-16-30(17-15-21)26(32)35-27(3,4)5/h6-13,21H,1-2,14-20H2,3-5H3/b23-11+/t28-/m1/s1. The Hall–Kier alpha value is -3.35. The molecular weight excluding hydrogens is 444 g/mol. The molecular formula is C28H36N2O5. The molecule has 7 heteroatoms. The Morgan fingerprint density at radius 2 is 1.89 bits per heavy atom. The maximum Gasteiger partial charge on any atom is 0.410 e. The molecule has 0 aliphatic carbocycles. The maximum absolute atomic E-state index is 13.4. The summed E-state index contributed by atoms with van der Waals surface area (Å²) in [6, 6.07) is 9.55. The summed E-state index contributed by atoms with van der Waals surface area (Å²) in [5, 5.41) is 0. The van der Waals surface area contributed by atoms with Crippen molar-refractivity contribution in [1.29, 1.82) is 0 Å². The van der Waals surface area contributed by atoms with Gasteiger partial charge in [-0.15, -0.1) is 0 Å². The Morgan fingerprint density at radius 3 is 2.49 bits per heavy atom. The van der Waals surface area contributed by atoms with E-state index in [0.717, 1.165) is 18.4 Å². The lowest BCUT2D eigenvalue weighted by Gasteiger charge is -2.35. The van der Waals surface area contributed by atoms with E-state index in [1.54, 1.807) is 23.1 Å². The van der Waals surface area contributed by atoms with Crippen molar-refractivity contribution in [2.45, 2.75) is 57.8 Å². The number of likely N-dealkylation sites (tertiary alicyclic amines) is 1. The van der Waals surface area contributed by atoms with Crippen molar-refractivity contribution >= 4 is 18.0 Å². The molecule has 0 saturated carbocycles. The third kappa shape index (κ3) is 7.07. The van der Waals surface area contributed by atoms with Crippen molar-refractivity contribution in [2.24, 2.45) is 10.9 Å². The van der Waals surface area contributed by atoms with E-state index in [1.165, 1.54) is 0 Å². The summed E-state index contributed by atoms with van der Waals surface area (Å²) in [7, 11) is 0. The predicted molar refractivity (Wildman–Crippen MR) is 136 cm³/mol. The minimum Gasteiger partial charge on any atom is -0.474 e. The van der Waals surface area contributed by atoms with E-state index in [4.69, 9.17) is 19.2 Å². The lowest BCUT2D eigenvalue weighted by Crippen LogP contribution is -2.46. The number of aliphatic imine (C=N–C) groups is 1. The molecule has 1 aromatic rings. The first-order valence-corrected chi connectivity index (χ1v) is 12.0. The van der Waals surface area contributed by atoms with Gasteiger partial charge in [-0.3, -0.25) is 0 Å². The van der Waals surface area contributed by atoms with Crippen LogP contribution in [0.5, 0.6) is 0 Å². The fraction of sp³-hybridized carbons (Fsp3) is 0.464. The van der Waals surface area contributed by atoms with Gasteiger partial charge in [0.2, 0.25) is 5.90 Å². The van der Waals surface area contributed by atoms with Crippen LogP contribution in [-0.4, -0.2) is 53.7 Å². The summed E-state index contributed by atoms with van der Waals surface area (Å²) in [5.74, 6) is 0.135. The molecule has 0 unspecified atom stereocenters. The van der Waals surface area contributed by atoms with Gasteiger partial charge in [0, 0.05) is 18.7 Å². The zero-order valence-corrected chi connectivity index (χ0v) is 21.0. The number of piperidine rings is 1. The molecule has 0 bridgehead atoms. The SMILES string of the molecule is C=C/C=C(\C=C)C1=N[C@@](CC2CCN(C(=O)OC(C)(C)C)CC2)(C(=O)OCc2ccccc2)CO1. The van der Waals surface area contributed by atoms with Crippen molar-refractivity contribution in [3.05, 3.63) is 72.9 Å². The van der Waals surface area contributed by atoms with Gasteiger partial charge in [-0.05, 0) is 51.5 Å². The van der Waals surface area contributed by atoms with E-state index in [-0.39, 0.29) is 25.2 Å². The van der Waals surface area contributed by atoms with Crippen molar-refractivity contribution in [3.63, 3.8) is 0 Å². The molecule has 2 heterocycles. The first kappa shape index (κ1) is 26.3. The molecule has 0 spiro atoms. The molecule has 35 heavy (non-hydrogen) atoms. The van der Waals surface area contributed by atoms with E-state index in [2.05, 4.69) is 13.2 Å². The quantitative estimate of drug-likeness (QED) is 0.376. The summed E-state index contributed by atoms with van der Waals surface area (Å²) in [6.45, 7) is 14.5. The maximum atomic E-state index is 13.4. The van der Waals surface area contributed by atoms with Gasteiger partial charge in [-0.1, -0.05) is 61.7 Å². The highest BCUT2D eigenvalue weighted by molar-refractivity contribution is 6.00. The number of allylic oxidation sites excluding steroid dienone is 2. The highest BCUT2D eigenvalue weighted by atomic mass is 16.6. The Bertz CT molecular complexity index is 984. The zero-order valence-electron chi connectivity index (χ0n) is 21.0. The molecule has 3 rings (SSSR count). The molecule has 1 fully saturated rings. The number of ether oxygens (including phenoxy) is 3. The van der Waals surface area contributed by atoms with Gasteiger partial charge in [0.05, 0.1) is 0 Å². The third-order valence-corrected chi connectivity index (χ3v) is 6.01. The minimum absolute atomic E-state index is 0.102. The van der Waals surface area contributed by atoms with E-state index in [9.17, 15) is 9.59 Å². The summed E-state index contributed by atoms with van der Waals surface area (Å²) in [6.07, 6.45) is 6.67. The number of nitrogens with zero attached hydrogens (tertiary/aromatic N) is 2. The number of benzene rings is 1. The second-order valence-corrected chi connectivity index (χ2v) is 9.98. The first-order chi connectivity index (χ1) is 16.7. The van der Waals surface area contributed by atoms with Gasteiger partial charge in [-0.25, -0.2) is 14.6 Å². The zero-order chi connectivity index (χ0) is 25.5. The normalized spacial score (nSPS) is 21.1. The van der Waals surface area contributed by atoms with Gasteiger partial charge in [-0.2, -0.15) is 0 Å². The monoisotopic (exact) mass is 480 g/mol. The van der Waals surface area contributed by atoms with Crippen LogP contribution in [0.15, 0.2) is 72.3 Å². The number of carbonyl (C=O) groups excluding carboxylic acids is 2. The van der Waals surface area contributed by atoms with Crippen LogP contribution in [0.1, 0.15) is 45.6 Å². The van der Waals surface area contributed by atoms with Crippen LogP contribution in [0, 0.1) is 5.92 Å². The molecule has 0 N–H and O–H groups in total. The molecule has 0 aromatic heterocycles. The molecule has 1 amide bonds. The average Bonchev–Trinajstić information content (AvgIpc) is 3.26. The lowest BCUT2D eigenvalue weighted by molar-refractivity contribution is -0.153. The van der Waals surface area contributed by atoms with Crippen LogP contribution >= 0.6 is 0 Å². The van der Waals surface area contributed by atoms with Crippen LogP contribution in [0.25, 0.3) is 0 Å². The topological polar surface area (TPSA) is 77.4 Å². The number of rotatable bonds is 8. The Labute approximate surface area is 208 Å². The van der Waals surface area contributed by atoms with Crippen molar-refractivity contribution in [2.75, 3.05) is 19.7 Å². The lowest BCUT2D eigenvalue weighted by atomic mass is 9.83. The van der Waals surface area contributed by atoms with Gasteiger partial charge in [0.1, 0.15) is 18.8 Å². The molecule has 7 nitrogen and oxygen atoms in total. The number of hydrogen-bond acceptors (Lipinski definition) is 6. The van der Waals surface area contributed by atoms with Gasteiger partial charge >= 0.3 is 12.1 Å². The third-order valence-electron chi connectivity index (χ3n) is 6.01. The average molecular weight is 481 g/mol. The van der Waals surface area contributed by atoms with Gasteiger partial charge < -0.3 is 19.1 Å².